The van der Waals surface area contributed by atoms with E-state index >= 15 is 0 Å². The second-order valence-corrected chi connectivity index (χ2v) is 11.3. The lowest BCUT2D eigenvalue weighted by molar-refractivity contribution is -0.336. The van der Waals surface area contributed by atoms with Gasteiger partial charge in [0, 0.05) is 7.11 Å². The summed E-state index contributed by atoms with van der Waals surface area (Å²) >= 11 is 0. The standard InChI is InChI=1S/C31H38O11/c1-18-22(25-27(28(33-4)36-18)42-31(2,3)41-25)38-29-26-24(39-30(32)40-26)23(35-16-20-13-9-6-10-14-20)21(37-29)17-34-15-19-11-7-5-8-12-19/h5-14,18,21-29H,15-17H2,1-4H3/t18-,21+,22-,23+,24-,25+,26+,27+,28+,29-/m0/s1. The smallest absolute Gasteiger partial charge is 0.424 e. The van der Waals surface area contributed by atoms with Crippen molar-refractivity contribution in [1.29, 1.82) is 0 Å². The molecule has 4 saturated heterocycles. The molecule has 11 nitrogen and oxygen atoms in total. The van der Waals surface area contributed by atoms with E-state index in [4.69, 9.17) is 47.4 Å². The molecule has 0 radical (unpaired) electrons. The average Bonchev–Trinajstić information content (AvgIpc) is 3.53. The van der Waals surface area contributed by atoms with Crippen LogP contribution in [-0.2, 0) is 60.6 Å². The first-order valence-corrected chi connectivity index (χ1v) is 14.3. The number of hydrogen-bond acceptors (Lipinski definition) is 11. The number of rotatable bonds is 10. The van der Waals surface area contributed by atoms with Crippen molar-refractivity contribution in [2.24, 2.45) is 0 Å². The van der Waals surface area contributed by atoms with Crippen molar-refractivity contribution in [3.63, 3.8) is 0 Å². The molecule has 6 rings (SSSR count). The summed E-state index contributed by atoms with van der Waals surface area (Å²) in [5.74, 6) is -0.871. The van der Waals surface area contributed by atoms with Gasteiger partial charge < -0.3 is 47.4 Å². The van der Waals surface area contributed by atoms with Gasteiger partial charge in [-0.05, 0) is 31.9 Å². The number of carbonyl (C=O) groups is 1. The van der Waals surface area contributed by atoms with Gasteiger partial charge in [-0.25, -0.2) is 4.79 Å². The molecule has 0 N–H and O–H groups in total. The highest BCUT2D eigenvalue weighted by atomic mass is 16.8. The van der Waals surface area contributed by atoms with Gasteiger partial charge in [0.05, 0.1) is 25.9 Å². The van der Waals surface area contributed by atoms with Gasteiger partial charge in [0.15, 0.2) is 30.6 Å². The van der Waals surface area contributed by atoms with Gasteiger partial charge in [-0.1, -0.05) is 60.7 Å². The van der Waals surface area contributed by atoms with Crippen LogP contribution in [0.25, 0.3) is 0 Å². The summed E-state index contributed by atoms with van der Waals surface area (Å²) in [5.41, 5.74) is 1.99. The van der Waals surface area contributed by atoms with Crippen molar-refractivity contribution in [1.82, 2.24) is 0 Å². The molecule has 0 bridgehead atoms. The highest BCUT2D eigenvalue weighted by Crippen LogP contribution is 2.41. The van der Waals surface area contributed by atoms with Crippen molar-refractivity contribution in [3.8, 4) is 0 Å². The fourth-order valence-corrected chi connectivity index (χ4v) is 5.91. The van der Waals surface area contributed by atoms with Crippen LogP contribution < -0.4 is 0 Å². The maximum absolute atomic E-state index is 12.5. The normalized spacial score (nSPS) is 37.0. The number of fused-ring (bicyclic) bond motifs is 2. The fraction of sp³-hybridized carbons (Fsp3) is 0.581. The summed E-state index contributed by atoms with van der Waals surface area (Å²) < 4.78 is 60.6. The van der Waals surface area contributed by atoms with Crippen LogP contribution in [0.2, 0.25) is 0 Å². The second-order valence-electron chi connectivity index (χ2n) is 11.3. The maximum Gasteiger partial charge on any atom is 0.509 e. The van der Waals surface area contributed by atoms with E-state index in [-0.39, 0.29) is 13.2 Å². The number of hydrogen-bond donors (Lipinski definition) is 0. The van der Waals surface area contributed by atoms with Crippen molar-refractivity contribution < 1.29 is 52.2 Å². The number of ether oxygens (including phenoxy) is 10. The Morgan fingerprint density at radius 1 is 0.762 bits per heavy atom. The van der Waals surface area contributed by atoms with Crippen molar-refractivity contribution >= 4 is 6.16 Å². The van der Waals surface area contributed by atoms with E-state index in [0.29, 0.717) is 6.61 Å². The number of benzene rings is 2. The van der Waals surface area contributed by atoms with E-state index in [2.05, 4.69) is 0 Å². The lowest BCUT2D eigenvalue weighted by Crippen LogP contribution is -2.63. The molecule has 2 aromatic carbocycles. The predicted octanol–water partition coefficient (Wildman–Crippen LogP) is 3.71. The molecular weight excluding hydrogens is 548 g/mol. The fourth-order valence-electron chi connectivity index (χ4n) is 5.91. The lowest BCUT2D eigenvalue weighted by Gasteiger charge is -2.45. The van der Waals surface area contributed by atoms with Crippen LogP contribution >= 0.6 is 0 Å². The molecule has 4 fully saturated rings. The molecule has 2 aromatic rings. The van der Waals surface area contributed by atoms with E-state index in [9.17, 15) is 4.79 Å². The SMILES string of the molecule is CO[C@@H]1O[C@@H](C)[C@H](O[C@@H]2O[C@H](COCc3ccccc3)[C@@H](OCc3ccccc3)[C@@H]3OC(=O)O[C@@H]23)[C@H]2OC(C)(C)O[C@@H]12. The zero-order chi connectivity index (χ0) is 29.3. The molecule has 10 atom stereocenters. The van der Waals surface area contributed by atoms with Crippen molar-refractivity contribution in [2.75, 3.05) is 13.7 Å². The van der Waals surface area contributed by atoms with Crippen molar-refractivity contribution in [3.05, 3.63) is 71.8 Å². The van der Waals surface area contributed by atoms with E-state index in [1.165, 1.54) is 0 Å². The van der Waals surface area contributed by atoms with Crippen LogP contribution in [0.3, 0.4) is 0 Å². The molecule has 4 heterocycles. The van der Waals surface area contributed by atoms with Gasteiger partial charge in [-0.2, -0.15) is 0 Å². The first kappa shape index (κ1) is 29.5. The van der Waals surface area contributed by atoms with Crippen molar-refractivity contribution in [2.45, 2.75) is 101 Å². The zero-order valence-corrected chi connectivity index (χ0v) is 24.2. The Morgan fingerprint density at radius 3 is 2.10 bits per heavy atom. The van der Waals surface area contributed by atoms with Gasteiger partial charge in [-0.15, -0.1) is 0 Å². The second kappa shape index (κ2) is 12.6. The maximum atomic E-state index is 12.5. The summed E-state index contributed by atoms with van der Waals surface area (Å²) in [5, 5.41) is 0. The van der Waals surface area contributed by atoms with Crippen LogP contribution in [0.15, 0.2) is 60.7 Å². The topological polar surface area (TPSA) is 109 Å². The van der Waals surface area contributed by atoms with Gasteiger partial charge >= 0.3 is 6.16 Å². The molecule has 4 aliphatic rings. The third-order valence-corrected chi connectivity index (χ3v) is 7.83. The third kappa shape index (κ3) is 6.34. The average molecular weight is 587 g/mol. The zero-order valence-electron chi connectivity index (χ0n) is 24.2. The van der Waals surface area contributed by atoms with Gasteiger partial charge in [0.25, 0.3) is 0 Å². The molecular formula is C31H38O11. The van der Waals surface area contributed by atoms with Crippen LogP contribution in [0.1, 0.15) is 31.9 Å². The highest BCUT2D eigenvalue weighted by molar-refractivity contribution is 5.63. The number of carbonyl (C=O) groups excluding carboxylic acids is 1. The minimum Gasteiger partial charge on any atom is -0.424 e. The van der Waals surface area contributed by atoms with Crippen LogP contribution in [-0.4, -0.2) is 87.1 Å². The van der Waals surface area contributed by atoms with E-state index < -0.39 is 73.4 Å². The molecule has 0 aliphatic carbocycles. The lowest BCUT2D eigenvalue weighted by atomic mass is 9.97. The quantitative estimate of drug-likeness (QED) is 0.380. The number of methoxy groups -OCH3 is 1. The molecule has 4 aliphatic heterocycles. The molecule has 0 aromatic heterocycles. The molecule has 0 saturated carbocycles. The first-order valence-electron chi connectivity index (χ1n) is 14.3. The predicted molar refractivity (Wildman–Crippen MR) is 145 cm³/mol. The Hall–Kier alpha value is -2.61. The summed E-state index contributed by atoms with van der Waals surface area (Å²) in [6, 6.07) is 19.6. The Balaban J connectivity index is 1.22. The Bertz CT molecular complexity index is 1180. The van der Waals surface area contributed by atoms with Crippen LogP contribution in [0.4, 0.5) is 4.79 Å². The van der Waals surface area contributed by atoms with Gasteiger partial charge in [-0.3, -0.25) is 0 Å². The highest BCUT2D eigenvalue weighted by Gasteiger charge is 2.60. The Labute approximate surface area is 245 Å². The summed E-state index contributed by atoms with van der Waals surface area (Å²) in [7, 11) is 1.56. The van der Waals surface area contributed by atoms with E-state index in [1.807, 2.05) is 81.4 Å². The monoisotopic (exact) mass is 586 g/mol. The summed E-state index contributed by atoms with van der Waals surface area (Å²) in [6.45, 7) is 6.34. The molecule has 11 heteroatoms. The molecule has 0 unspecified atom stereocenters. The minimum absolute atomic E-state index is 0.163. The van der Waals surface area contributed by atoms with Gasteiger partial charge in [0.2, 0.25) is 0 Å². The third-order valence-electron chi connectivity index (χ3n) is 7.83. The first-order chi connectivity index (χ1) is 20.3. The van der Waals surface area contributed by atoms with Crippen LogP contribution in [0.5, 0.6) is 0 Å². The molecule has 0 amide bonds. The molecule has 228 valence electrons. The Morgan fingerprint density at radius 2 is 1.40 bits per heavy atom. The largest absolute Gasteiger partial charge is 0.509 e. The minimum atomic E-state index is -1.01. The van der Waals surface area contributed by atoms with E-state index in [1.54, 1.807) is 7.11 Å². The Kier molecular flexibility index (Phi) is 8.80. The van der Waals surface area contributed by atoms with E-state index in [0.717, 1.165) is 11.1 Å². The van der Waals surface area contributed by atoms with Crippen LogP contribution in [0, 0.1) is 0 Å². The summed E-state index contributed by atoms with van der Waals surface area (Å²) in [6.07, 6.45) is -7.56. The summed E-state index contributed by atoms with van der Waals surface area (Å²) in [4.78, 5) is 12.5. The molecule has 0 spiro atoms. The van der Waals surface area contributed by atoms with Gasteiger partial charge in [0.1, 0.15) is 30.5 Å². The molecule has 42 heavy (non-hydrogen) atoms.